The van der Waals surface area contributed by atoms with E-state index in [1.54, 1.807) is 0 Å². The number of aliphatic hydroxyl groups is 1. The van der Waals surface area contributed by atoms with E-state index in [1.807, 2.05) is 0 Å². The van der Waals surface area contributed by atoms with Crippen LogP contribution < -0.4 is 0 Å². The van der Waals surface area contributed by atoms with Gasteiger partial charge in [0.15, 0.2) is 0 Å². The zero-order valence-electron chi connectivity index (χ0n) is 12.5. The molecule has 1 atom stereocenters. The maximum atomic E-state index is 12.2. The maximum Gasteiger partial charge on any atom is 0.225 e. The molecule has 0 aromatic carbocycles. The molecule has 0 bridgehead atoms. The van der Waals surface area contributed by atoms with Crippen molar-refractivity contribution in [3.8, 4) is 0 Å². The van der Waals surface area contributed by atoms with E-state index >= 15 is 0 Å². The molecule has 4 heteroatoms. The van der Waals surface area contributed by atoms with E-state index in [1.165, 1.54) is 6.42 Å². The van der Waals surface area contributed by atoms with E-state index in [9.17, 15) is 9.90 Å². The second kappa shape index (κ2) is 6.44. The number of likely N-dealkylation sites (tertiary alicyclic amines) is 2. The monoisotopic (exact) mass is 280 g/mol. The number of piperidine rings is 1. The molecular weight excluding hydrogens is 252 g/mol. The summed E-state index contributed by atoms with van der Waals surface area (Å²) in [5, 5.41) is 9.74. The van der Waals surface area contributed by atoms with E-state index in [2.05, 4.69) is 9.80 Å². The Hall–Kier alpha value is -0.610. The number of hydrogen-bond donors (Lipinski definition) is 1. The van der Waals surface area contributed by atoms with Crippen molar-refractivity contribution in [1.82, 2.24) is 9.80 Å². The number of carbonyl (C=O) groups excluding carboxylic acids is 1. The van der Waals surface area contributed by atoms with Gasteiger partial charge in [-0.15, -0.1) is 0 Å². The van der Waals surface area contributed by atoms with Crippen LogP contribution in [0, 0.1) is 5.92 Å². The first-order valence-corrected chi connectivity index (χ1v) is 8.45. The van der Waals surface area contributed by atoms with Crippen LogP contribution in [0.15, 0.2) is 0 Å². The number of carbonyl (C=O) groups is 1. The molecule has 1 amide bonds. The van der Waals surface area contributed by atoms with Crippen molar-refractivity contribution in [2.75, 3.05) is 26.2 Å². The predicted octanol–water partition coefficient (Wildman–Crippen LogP) is 1.62. The fourth-order valence-corrected chi connectivity index (χ4v) is 3.83. The van der Waals surface area contributed by atoms with Crippen molar-refractivity contribution < 1.29 is 9.90 Å². The van der Waals surface area contributed by atoms with Gasteiger partial charge in [-0.3, -0.25) is 4.79 Å². The van der Waals surface area contributed by atoms with Gasteiger partial charge in [0.05, 0.1) is 6.10 Å². The highest BCUT2D eigenvalue weighted by atomic mass is 16.3. The van der Waals surface area contributed by atoms with Crippen LogP contribution in [0.5, 0.6) is 0 Å². The molecule has 1 N–H and O–H groups in total. The van der Waals surface area contributed by atoms with Crippen molar-refractivity contribution in [2.45, 2.75) is 63.5 Å². The lowest BCUT2D eigenvalue weighted by Gasteiger charge is -2.40. The number of amides is 1. The number of nitrogens with zero attached hydrogens (tertiary/aromatic N) is 2. The summed E-state index contributed by atoms with van der Waals surface area (Å²) in [4.78, 5) is 16.9. The SMILES string of the molecule is O=C(C1CCC1)N1CCC(N2CCC[C@@H](O)CC2)CC1. The highest BCUT2D eigenvalue weighted by Gasteiger charge is 2.33. The summed E-state index contributed by atoms with van der Waals surface area (Å²) in [6, 6.07) is 0.630. The van der Waals surface area contributed by atoms with Gasteiger partial charge in [0.2, 0.25) is 5.91 Å². The highest BCUT2D eigenvalue weighted by molar-refractivity contribution is 5.79. The summed E-state index contributed by atoms with van der Waals surface area (Å²) in [6.07, 6.45) is 8.59. The number of hydrogen-bond acceptors (Lipinski definition) is 3. The van der Waals surface area contributed by atoms with Gasteiger partial charge >= 0.3 is 0 Å². The first-order chi connectivity index (χ1) is 9.74. The summed E-state index contributed by atoms with van der Waals surface area (Å²) in [6.45, 7) is 4.04. The predicted molar refractivity (Wildman–Crippen MR) is 78.4 cm³/mol. The Labute approximate surface area is 122 Å². The first-order valence-electron chi connectivity index (χ1n) is 8.45. The van der Waals surface area contributed by atoms with Gasteiger partial charge in [-0.2, -0.15) is 0 Å². The molecule has 20 heavy (non-hydrogen) atoms. The van der Waals surface area contributed by atoms with Crippen LogP contribution in [0.1, 0.15) is 51.4 Å². The number of aliphatic hydroxyl groups excluding tert-OH is 1. The lowest BCUT2D eigenvalue weighted by atomic mass is 9.84. The Kier molecular flexibility index (Phi) is 4.61. The van der Waals surface area contributed by atoms with Gasteiger partial charge in [0.25, 0.3) is 0 Å². The zero-order valence-corrected chi connectivity index (χ0v) is 12.5. The van der Waals surface area contributed by atoms with Crippen LogP contribution in [-0.2, 0) is 4.79 Å². The van der Waals surface area contributed by atoms with E-state index in [0.717, 1.165) is 71.1 Å². The molecule has 0 spiro atoms. The summed E-state index contributed by atoms with van der Waals surface area (Å²) < 4.78 is 0. The van der Waals surface area contributed by atoms with E-state index < -0.39 is 0 Å². The van der Waals surface area contributed by atoms with Crippen molar-refractivity contribution in [2.24, 2.45) is 5.92 Å². The van der Waals surface area contributed by atoms with Gasteiger partial charge in [0.1, 0.15) is 0 Å². The molecule has 3 fully saturated rings. The topological polar surface area (TPSA) is 43.8 Å². The van der Waals surface area contributed by atoms with Crippen LogP contribution in [-0.4, -0.2) is 59.1 Å². The summed E-state index contributed by atoms with van der Waals surface area (Å²) in [5.41, 5.74) is 0. The molecule has 0 aromatic rings. The Morgan fingerprint density at radius 1 is 0.850 bits per heavy atom. The lowest BCUT2D eigenvalue weighted by molar-refractivity contribution is -0.139. The Bertz CT molecular complexity index is 335. The molecule has 1 saturated carbocycles. The van der Waals surface area contributed by atoms with Crippen molar-refractivity contribution in [1.29, 1.82) is 0 Å². The smallest absolute Gasteiger partial charge is 0.225 e. The molecule has 2 saturated heterocycles. The average Bonchev–Trinajstić information content (AvgIpc) is 2.62. The minimum Gasteiger partial charge on any atom is -0.393 e. The molecule has 4 nitrogen and oxygen atoms in total. The van der Waals surface area contributed by atoms with Crippen LogP contribution in [0.3, 0.4) is 0 Å². The normalized spacial score (nSPS) is 30.9. The molecule has 2 aliphatic heterocycles. The van der Waals surface area contributed by atoms with Crippen molar-refractivity contribution in [3.63, 3.8) is 0 Å². The average molecular weight is 280 g/mol. The fraction of sp³-hybridized carbons (Fsp3) is 0.938. The van der Waals surface area contributed by atoms with Crippen LogP contribution >= 0.6 is 0 Å². The highest BCUT2D eigenvalue weighted by Crippen LogP contribution is 2.30. The second-order valence-electron chi connectivity index (χ2n) is 6.80. The summed E-state index contributed by atoms with van der Waals surface area (Å²) >= 11 is 0. The minimum atomic E-state index is -0.0970. The molecule has 1 aliphatic carbocycles. The van der Waals surface area contributed by atoms with Crippen molar-refractivity contribution in [3.05, 3.63) is 0 Å². The summed E-state index contributed by atoms with van der Waals surface area (Å²) in [5.74, 6) is 0.765. The lowest BCUT2D eigenvalue weighted by Crippen LogP contribution is -2.49. The molecule has 0 aromatic heterocycles. The Morgan fingerprint density at radius 2 is 1.60 bits per heavy atom. The standard InChI is InChI=1S/C16H28N2O2/c19-15-5-2-9-17(12-8-15)14-6-10-18(11-7-14)16(20)13-3-1-4-13/h13-15,19H,1-12H2/t15-/m1/s1. The number of rotatable bonds is 2. The van der Waals surface area contributed by atoms with Crippen LogP contribution in [0.4, 0.5) is 0 Å². The molecule has 3 rings (SSSR count). The van der Waals surface area contributed by atoms with Gasteiger partial charge in [-0.1, -0.05) is 6.42 Å². The maximum absolute atomic E-state index is 12.2. The summed E-state index contributed by atoms with van der Waals surface area (Å²) in [7, 11) is 0. The Morgan fingerprint density at radius 3 is 2.25 bits per heavy atom. The van der Waals surface area contributed by atoms with E-state index in [-0.39, 0.29) is 6.10 Å². The Balaban J connectivity index is 1.46. The van der Waals surface area contributed by atoms with Crippen LogP contribution in [0.2, 0.25) is 0 Å². The second-order valence-corrected chi connectivity index (χ2v) is 6.80. The van der Waals surface area contributed by atoms with E-state index in [4.69, 9.17) is 0 Å². The van der Waals surface area contributed by atoms with Crippen molar-refractivity contribution >= 4 is 5.91 Å². The third-order valence-electron chi connectivity index (χ3n) is 5.48. The quantitative estimate of drug-likeness (QED) is 0.836. The largest absolute Gasteiger partial charge is 0.393 e. The molecule has 2 heterocycles. The van der Waals surface area contributed by atoms with Gasteiger partial charge < -0.3 is 14.9 Å². The van der Waals surface area contributed by atoms with E-state index in [0.29, 0.717) is 17.9 Å². The molecule has 114 valence electrons. The van der Waals surface area contributed by atoms with Gasteiger partial charge in [-0.05, 0) is 51.5 Å². The minimum absolute atomic E-state index is 0.0970. The molecule has 0 radical (unpaired) electrons. The zero-order chi connectivity index (χ0) is 13.9. The van der Waals surface area contributed by atoms with Gasteiger partial charge in [0, 0.05) is 31.6 Å². The third-order valence-corrected chi connectivity index (χ3v) is 5.48. The van der Waals surface area contributed by atoms with Crippen LogP contribution in [0.25, 0.3) is 0 Å². The first kappa shape index (κ1) is 14.3. The molecule has 3 aliphatic rings. The molecular formula is C16H28N2O2. The molecule has 0 unspecified atom stereocenters. The third kappa shape index (κ3) is 3.17. The fourth-order valence-electron chi connectivity index (χ4n) is 3.83. The van der Waals surface area contributed by atoms with Gasteiger partial charge in [-0.25, -0.2) is 0 Å².